The van der Waals surface area contributed by atoms with Crippen LogP contribution in [-0.2, 0) is 20.8 Å². The first kappa shape index (κ1) is 18.9. The van der Waals surface area contributed by atoms with Crippen molar-refractivity contribution in [2.24, 2.45) is 5.92 Å². The Morgan fingerprint density at radius 1 is 1.35 bits per heavy atom. The molecule has 5 heteroatoms. The van der Waals surface area contributed by atoms with Crippen LogP contribution in [0.1, 0.15) is 33.1 Å². The van der Waals surface area contributed by atoms with Crippen LogP contribution in [0.4, 0.5) is 0 Å². The van der Waals surface area contributed by atoms with E-state index in [1.54, 1.807) is 0 Å². The number of nitrogens with one attached hydrogen (secondary N) is 1. The van der Waals surface area contributed by atoms with Crippen molar-refractivity contribution in [3.05, 3.63) is 36.5 Å². The molecule has 1 N–H and O–H groups in total. The summed E-state index contributed by atoms with van der Waals surface area (Å²) in [6.45, 7) is 6.89. The van der Waals surface area contributed by atoms with Crippen LogP contribution in [0.2, 0.25) is 0 Å². The highest BCUT2D eigenvalue weighted by atomic mass is 16.5. The number of nitrogens with zero attached hydrogens (tertiary/aromatic N) is 1. The number of carbonyl (C=O) groups excluding carboxylic acids is 1. The van der Waals surface area contributed by atoms with Gasteiger partial charge in [-0.05, 0) is 42.7 Å². The Kier molecular flexibility index (Phi) is 6.69. The zero-order valence-corrected chi connectivity index (χ0v) is 15.8. The molecule has 1 aromatic heterocycles. The van der Waals surface area contributed by atoms with Gasteiger partial charge in [-0.3, -0.25) is 4.79 Å². The maximum Gasteiger partial charge on any atom is 0.249 e. The highest BCUT2D eigenvalue weighted by Gasteiger charge is 2.25. The van der Waals surface area contributed by atoms with E-state index in [0.29, 0.717) is 13.2 Å². The number of aryl methyl sites for hydroxylation is 1. The fourth-order valence-electron chi connectivity index (χ4n) is 3.45. The minimum absolute atomic E-state index is 0.0182. The summed E-state index contributed by atoms with van der Waals surface area (Å²) in [6.07, 6.45) is 4.84. The largest absolute Gasteiger partial charge is 0.376 e. The molecule has 0 bridgehead atoms. The second-order valence-corrected chi connectivity index (χ2v) is 7.35. The van der Waals surface area contributed by atoms with E-state index < -0.39 is 6.10 Å². The van der Waals surface area contributed by atoms with Gasteiger partial charge in [0, 0.05) is 31.4 Å². The van der Waals surface area contributed by atoms with E-state index in [1.165, 1.54) is 10.9 Å². The van der Waals surface area contributed by atoms with Crippen molar-refractivity contribution in [3.63, 3.8) is 0 Å². The molecule has 1 fully saturated rings. The fraction of sp³-hybridized carbons (Fsp3) is 0.571. The van der Waals surface area contributed by atoms with Crippen molar-refractivity contribution in [1.82, 2.24) is 9.88 Å². The summed E-state index contributed by atoms with van der Waals surface area (Å²) in [4.78, 5) is 12.5. The van der Waals surface area contributed by atoms with Crippen LogP contribution in [0, 0.1) is 5.92 Å². The van der Waals surface area contributed by atoms with Gasteiger partial charge in [-0.15, -0.1) is 0 Å². The standard InChI is InChI=1S/C21H30N2O3/c1-16(2)20(26-15-18-8-5-14-25-18)21(24)22-11-6-12-23-13-10-17-7-3-4-9-19(17)23/h3-4,7,9-10,13,16,18,20H,5-6,8,11-12,14-15H2,1-2H3,(H,22,24)/t18-,20-/m0/s1. The van der Waals surface area contributed by atoms with E-state index in [0.717, 1.165) is 32.4 Å². The van der Waals surface area contributed by atoms with Crippen LogP contribution < -0.4 is 5.32 Å². The average Bonchev–Trinajstić information content (AvgIpc) is 3.28. The van der Waals surface area contributed by atoms with Crippen LogP contribution in [0.15, 0.2) is 36.5 Å². The lowest BCUT2D eigenvalue weighted by molar-refractivity contribution is -0.138. The number of aromatic nitrogens is 1. The third-order valence-electron chi connectivity index (χ3n) is 4.90. The van der Waals surface area contributed by atoms with Gasteiger partial charge in [-0.2, -0.15) is 0 Å². The number of benzene rings is 1. The van der Waals surface area contributed by atoms with Crippen molar-refractivity contribution in [1.29, 1.82) is 0 Å². The number of carbonyl (C=O) groups is 1. The normalized spacial score (nSPS) is 18.5. The molecular weight excluding hydrogens is 328 g/mol. The molecule has 2 atom stereocenters. The summed E-state index contributed by atoms with van der Waals surface area (Å²) < 4.78 is 13.7. The molecule has 0 aliphatic carbocycles. The van der Waals surface area contributed by atoms with Crippen LogP contribution in [0.5, 0.6) is 0 Å². The first-order valence-corrected chi connectivity index (χ1v) is 9.70. The minimum Gasteiger partial charge on any atom is -0.376 e. The first-order chi connectivity index (χ1) is 12.6. The molecule has 1 aliphatic heterocycles. The van der Waals surface area contributed by atoms with E-state index in [4.69, 9.17) is 9.47 Å². The molecule has 5 nitrogen and oxygen atoms in total. The van der Waals surface area contributed by atoms with E-state index in [9.17, 15) is 4.79 Å². The molecule has 3 rings (SSSR count). The Bertz CT molecular complexity index is 704. The van der Waals surface area contributed by atoms with Crippen molar-refractivity contribution in [2.45, 2.75) is 51.9 Å². The Hall–Kier alpha value is -1.85. The minimum atomic E-state index is -0.411. The third-order valence-corrected chi connectivity index (χ3v) is 4.90. The fourth-order valence-corrected chi connectivity index (χ4v) is 3.45. The van der Waals surface area contributed by atoms with Crippen molar-refractivity contribution in [3.8, 4) is 0 Å². The van der Waals surface area contributed by atoms with Crippen LogP contribution in [0.3, 0.4) is 0 Å². The number of hydrogen-bond acceptors (Lipinski definition) is 3. The highest BCUT2D eigenvalue weighted by Crippen LogP contribution is 2.16. The summed E-state index contributed by atoms with van der Waals surface area (Å²) in [7, 11) is 0. The molecule has 26 heavy (non-hydrogen) atoms. The molecule has 0 unspecified atom stereocenters. The molecule has 1 amide bonds. The molecule has 1 aromatic carbocycles. The SMILES string of the molecule is CC(C)[C@H](OC[C@@H]1CCCO1)C(=O)NCCCn1ccc2ccccc21. The van der Waals surface area contributed by atoms with Crippen molar-refractivity contribution < 1.29 is 14.3 Å². The van der Waals surface area contributed by atoms with Gasteiger partial charge in [0.05, 0.1) is 12.7 Å². The lowest BCUT2D eigenvalue weighted by atomic mass is 10.1. The molecular formula is C21H30N2O3. The molecule has 2 heterocycles. The lowest BCUT2D eigenvalue weighted by Gasteiger charge is -2.22. The number of para-hydroxylation sites is 1. The third kappa shape index (κ3) is 4.86. The van der Waals surface area contributed by atoms with Gasteiger partial charge in [0.15, 0.2) is 0 Å². The van der Waals surface area contributed by atoms with Crippen molar-refractivity contribution in [2.75, 3.05) is 19.8 Å². The molecule has 0 spiro atoms. The summed E-state index contributed by atoms with van der Waals surface area (Å²) in [5.41, 5.74) is 1.23. The zero-order chi connectivity index (χ0) is 18.4. The molecule has 142 valence electrons. The molecule has 0 radical (unpaired) electrons. The van der Waals surface area contributed by atoms with E-state index >= 15 is 0 Å². The van der Waals surface area contributed by atoms with Gasteiger partial charge in [0.1, 0.15) is 6.10 Å². The molecule has 1 saturated heterocycles. The maximum atomic E-state index is 12.5. The topological polar surface area (TPSA) is 52.5 Å². The number of ether oxygens (including phenoxy) is 2. The van der Waals surface area contributed by atoms with Gasteiger partial charge < -0.3 is 19.4 Å². The zero-order valence-electron chi connectivity index (χ0n) is 15.8. The van der Waals surface area contributed by atoms with Crippen molar-refractivity contribution >= 4 is 16.8 Å². The predicted molar refractivity (Wildman–Crippen MR) is 103 cm³/mol. The smallest absolute Gasteiger partial charge is 0.249 e. The van der Waals surface area contributed by atoms with E-state index in [1.807, 2.05) is 13.8 Å². The second kappa shape index (κ2) is 9.19. The highest BCUT2D eigenvalue weighted by molar-refractivity contribution is 5.81. The van der Waals surface area contributed by atoms with Gasteiger partial charge in [-0.25, -0.2) is 0 Å². The summed E-state index contributed by atoms with van der Waals surface area (Å²) in [5.74, 6) is 0.125. The van der Waals surface area contributed by atoms with Gasteiger partial charge >= 0.3 is 0 Å². The number of amides is 1. The first-order valence-electron chi connectivity index (χ1n) is 9.70. The summed E-state index contributed by atoms with van der Waals surface area (Å²) >= 11 is 0. The Morgan fingerprint density at radius 3 is 2.96 bits per heavy atom. The Balaban J connectivity index is 1.42. The molecule has 1 aliphatic rings. The van der Waals surface area contributed by atoms with E-state index in [2.05, 4.69) is 46.4 Å². The average molecular weight is 358 g/mol. The number of rotatable bonds is 9. The molecule has 2 aromatic rings. The summed E-state index contributed by atoms with van der Waals surface area (Å²) in [5, 5.41) is 4.28. The quantitative estimate of drug-likeness (QED) is 0.699. The monoisotopic (exact) mass is 358 g/mol. The van der Waals surface area contributed by atoms with Crippen LogP contribution in [0.25, 0.3) is 10.9 Å². The Morgan fingerprint density at radius 2 is 2.19 bits per heavy atom. The predicted octanol–water partition coefficient (Wildman–Crippen LogP) is 3.37. The molecule has 0 saturated carbocycles. The summed E-state index contributed by atoms with van der Waals surface area (Å²) in [6, 6.07) is 10.5. The Labute approximate surface area is 155 Å². The van der Waals surface area contributed by atoms with Crippen LogP contribution in [-0.4, -0.2) is 42.4 Å². The van der Waals surface area contributed by atoms with Crippen LogP contribution >= 0.6 is 0 Å². The van der Waals surface area contributed by atoms with Gasteiger partial charge in [0.2, 0.25) is 5.91 Å². The maximum absolute atomic E-state index is 12.5. The van der Waals surface area contributed by atoms with Gasteiger partial charge in [-0.1, -0.05) is 32.0 Å². The number of fused-ring (bicyclic) bond motifs is 1. The number of hydrogen-bond donors (Lipinski definition) is 1. The van der Waals surface area contributed by atoms with Gasteiger partial charge in [0.25, 0.3) is 0 Å². The lowest BCUT2D eigenvalue weighted by Crippen LogP contribution is -2.41. The second-order valence-electron chi connectivity index (χ2n) is 7.35. The van der Waals surface area contributed by atoms with E-state index in [-0.39, 0.29) is 17.9 Å².